The Kier molecular flexibility index (Phi) is 10.9. The number of nitrogens with one attached hydrogen (secondary N) is 1. The van der Waals surface area contributed by atoms with E-state index < -0.39 is 6.04 Å². The van der Waals surface area contributed by atoms with Gasteiger partial charge in [0.1, 0.15) is 24.2 Å². The number of morpholine rings is 2. The smallest absolute Gasteiger partial charge is 0.323 e. The van der Waals surface area contributed by atoms with Crippen LogP contribution < -0.4 is 19.9 Å². The maximum absolute atomic E-state index is 12.7. The van der Waals surface area contributed by atoms with Crippen molar-refractivity contribution < 1.29 is 23.7 Å². The molecular weight excluding hydrogens is 572 g/mol. The summed E-state index contributed by atoms with van der Waals surface area (Å²) in [4.78, 5) is 32.3. The second-order valence-corrected chi connectivity index (χ2v) is 12.2. The zero-order chi connectivity index (χ0) is 31.9. The van der Waals surface area contributed by atoms with Crippen LogP contribution in [-0.2, 0) is 25.5 Å². The molecule has 0 aliphatic carbocycles. The molecule has 2 saturated heterocycles. The molecule has 2 aliphatic heterocycles. The highest BCUT2D eigenvalue weighted by Crippen LogP contribution is 2.31. The third kappa shape index (κ3) is 8.08. The molecule has 2 fully saturated rings. The molecule has 1 aromatic carbocycles. The Labute approximate surface area is 265 Å². The Morgan fingerprint density at radius 3 is 2.53 bits per heavy atom. The number of hydrogen-bond donors (Lipinski definition) is 1. The molecule has 0 radical (unpaired) electrons. The third-order valence-corrected chi connectivity index (χ3v) is 7.99. The fraction of sp³-hybridized carbons (Fsp3) is 0.529. The van der Waals surface area contributed by atoms with Gasteiger partial charge in [-0.15, -0.1) is 0 Å². The number of esters is 1. The van der Waals surface area contributed by atoms with E-state index in [0.717, 1.165) is 46.9 Å². The summed E-state index contributed by atoms with van der Waals surface area (Å²) in [5, 5.41) is 4.30. The van der Waals surface area contributed by atoms with E-state index in [9.17, 15) is 4.79 Å². The Hall–Kier alpha value is -3.80. The van der Waals surface area contributed by atoms with Gasteiger partial charge in [-0.05, 0) is 56.5 Å². The summed E-state index contributed by atoms with van der Waals surface area (Å²) in [6, 6.07) is 9.62. The maximum atomic E-state index is 12.7. The molecule has 4 heterocycles. The van der Waals surface area contributed by atoms with Gasteiger partial charge >= 0.3 is 5.97 Å². The van der Waals surface area contributed by atoms with Crippen molar-refractivity contribution in [3.63, 3.8) is 0 Å². The number of hydrogen-bond acceptors (Lipinski definition) is 11. The lowest BCUT2D eigenvalue weighted by atomic mass is 10.0. The summed E-state index contributed by atoms with van der Waals surface area (Å²) in [5.41, 5.74) is 3.27. The minimum atomic E-state index is -0.448. The fourth-order valence-electron chi connectivity index (χ4n) is 5.93. The van der Waals surface area contributed by atoms with Crippen LogP contribution in [0.25, 0.3) is 22.3 Å². The standard InChI is InChI=1S/C34H46N6O5/c1-7-14-44-33(41)29(17-22(2)3)35-19-26-18-25(8-11-30(26)42-6)28-10-9-27-31(36-28)37-34(40-20-23(4)45-24(5)21-40)38-32(27)39-12-15-43-16-13-39/h7-11,18,22-24,29,35H,1,12-17,19-21H2,2-6H3. The van der Waals surface area contributed by atoms with Crippen molar-refractivity contribution in [3.8, 4) is 17.0 Å². The normalized spacial score (nSPS) is 19.5. The second kappa shape index (κ2) is 15.0. The summed E-state index contributed by atoms with van der Waals surface area (Å²) in [5.74, 6) is 2.29. The summed E-state index contributed by atoms with van der Waals surface area (Å²) < 4.78 is 22.6. The number of benzene rings is 1. The molecule has 0 spiro atoms. The molecule has 2 aliphatic rings. The summed E-state index contributed by atoms with van der Waals surface area (Å²) in [7, 11) is 1.65. The van der Waals surface area contributed by atoms with Crippen LogP contribution in [0.3, 0.4) is 0 Å². The van der Waals surface area contributed by atoms with Crippen LogP contribution >= 0.6 is 0 Å². The van der Waals surface area contributed by atoms with Gasteiger partial charge in [-0.1, -0.05) is 26.5 Å². The van der Waals surface area contributed by atoms with Gasteiger partial charge in [0.25, 0.3) is 0 Å². The van der Waals surface area contributed by atoms with Gasteiger partial charge in [-0.2, -0.15) is 9.97 Å². The van der Waals surface area contributed by atoms with Gasteiger partial charge in [0.15, 0.2) is 5.65 Å². The predicted molar refractivity (Wildman–Crippen MR) is 176 cm³/mol. The van der Waals surface area contributed by atoms with E-state index in [4.69, 9.17) is 33.9 Å². The highest BCUT2D eigenvalue weighted by Gasteiger charge is 2.27. The molecular formula is C34H46N6O5. The van der Waals surface area contributed by atoms with Crippen molar-refractivity contribution in [1.82, 2.24) is 20.3 Å². The summed E-state index contributed by atoms with van der Waals surface area (Å²) >= 11 is 0. The first-order valence-corrected chi connectivity index (χ1v) is 15.9. The monoisotopic (exact) mass is 618 g/mol. The number of pyridine rings is 1. The van der Waals surface area contributed by atoms with Crippen LogP contribution in [0, 0.1) is 5.92 Å². The van der Waals surface area contributed by atoms with Crippen LogP contribution in [0.4, 0.5) is 11.8 Å². The topological polar surface area (TPSA) is 111 Å². The number of aromatic nitrogens is 3. The molecule has 0 saturated carbocycles. The first-order chi connectivity index (χ1) is 21.7. The predicted octanol–water partition coefficient (Wildman–Crippen LogP) is 4.38. The van der Waals surface area contributed by atoms with Gasteiger partial charge in [0, 0.05) is 43.9 Å². The number of carbonyl (C=O) groups is 1. The van der Waals surface area contributed by atoms with Crippen LogP contribution in [0.15, 0.2) is 43.0 Å². The van der Waals surface area contributed by atoms with Gasteiger partial charge in [-0.25, -0.2) is 4.98 Å². The number of anilines is 2. The molecule has 0 bridgehead atoms. The molecule has 3 aromatic rings. The first-order valence-electron chi connectivity index (χ1n) is 15.9. The Morgan fingerprint density at radius 2 is 1.84 bits per heavy atom. The van der Waals surface area contributed by atoms with Crippen molar-refractivity contribution in [2.75, 3.05) is 62.9 Å². The SMILES string of the molecule is C=CCOC(=O)C(CC(C)C)NCc1cc(-c2ccc3c(N4CCOCC4)nc(N4CC(C)OC(C)C4)nc3n2)ccc1OC. The van der Waals surface area contributed by atoms with Crippen LogP contribution in [-0.4, -0.2) is 92.3 Å². The first kappa shape index (κ1) is 32.6. The number of rotatable bonds is 12. The van der Waals surface area contributed by atoms with Crippen molar-refractivity contribution in [3.05, 3.63) is 48.6 Å². The zero-order valence-electron chi connectivity index (χ0n) is 27.1. The molecule has 2 aromatic heterocycles. The number of fused-ring (bicyclic) bond motifs is 1. The van der Waals surface area contributed by atoms with Crippen LogP contribution in [0.1, 0.15) is 39.7 Å². The second-order valence-electron chi connectivity index (χ2n) is 12.2. The molecule has 45 heavy (non-hydrogen) atoms. The average Bonchev–Trinajstić information content (AvgIpc) is 3.04. The Morgan fingerprint density at radius 1 is 1.09 bits per heavy atom. The van der Waals surface area contributed by atoms with E-state index >= 15 is 0 Å². The zero-order valence-corrected chi connectivity index (χ0v) is 27.1. The molecule has 0 amide bonds. The van der Waals surface area contributed by atoms with Crippen molar-refractivity contribution in [1.29, 1.82) is 0 Å². The van der Waals surface area contributed by atoms with Gasteiger partial charge in [-0.3, -0.25) is 4.79 Å². The summed E-state index contributed by atoms with van der Waals surface area (Å²) in [6.45, 7) is 16.8. The molecule has 1 N–H and O–H groups in total. The Bertz CT molecular complexity index is 1470. The number of ether oxygens (including phenoxy) is 4. The lowest BCUT2D eigenvalue weighted by Crippen LogP contribution is -2.46. The van der Waals surface area contributed by atoms with Crippen LogP contribution in [0.2, 0.25) is 0 Å². The minimum Gasteiger partial charge on any atom is -0.496 e. The van der Waals surface area contributed by atoms with Crippen molar-refractivity contribution in [2.24, 2.45) is 5.92 Å². The molecule has 3 unspecified atom stereocenters. The molecule has 242 valence electrons. The maximum Gasteiger partial charge on any atom is 0.323 e. The van der Waals surface area contributed by atoms with E-state index in [1.165, 1.54) is 0 Å². The van der Waals surface area contributed by atoms with Crippen LogP contribution in [0.5, 0.6) is 5.75 Å². The molecule has 11 nitrogen and oxygen atoms in total. The third-order valence-electron chi connectivity index (χ3n) is 7.99. The fourth-order valence-corrected chi connectivity index (χ4v) is 5.93. The van der Waals surface area contributed by atoms with E-state index in [0.29, 0.717) is 56.8 Å². The lowest BCUT2D eigenvalue weighted by molar-refractivity contribution is -0.145. The van der Waals surface area contributed by atoms with E-state index in [1.54, 1.807) is 13.2 Å². The summed E-state index contributed by atoms with van der Waals surface area (Å²) in [6.07, 6.45) is 2.38. The minimum absolute atomic E-state index is 0.0782. The molecule has 11 heteroatoms. The number of nitrogens with zero attached hydrogens (tertiary/aromatic N) is 5. The number of carbonyl (C=O) groups excluding carboxylic acids is 1. The molecule has 5 rings (SSSR count). The highest BCUT2D eigenvalue weighted by atomic mass is 16.5. The van der Waals surface area contributed by atoms with Gasteiger partial charge in [0.2, 0.25) is 5.95 Å². The highest BCUT2D eigenvalue weighted by molar-refractivity contribution is 5.90. The molecule has 3 atom stereocenters. The van der Waals surface area contributed by atoms with Crippen molar-refractivity contribution >= 4 is 28.8 Å². The quantitative estimate of drug-likeness (QED) is 0.231. The van der Waals surface area contributed by atoms with Gasteiger partial charge in [0.05, 0.1) is 43.6 Å². The van der Waals surface area contributed by atoms with E-state index in [1.807, 2.05) is 18.2 Å². The van der Waals surface area contributed by atoms with Crippen molar-refractivity contribution in [2.45, 2.75) is 58.9 Å². The van der Waals surface area contributed by atoms with Gasteiger partial charge < -0.3 is 34.1 Å². The van der Waals surface area contributed by atoms with E-state index in [2.05, 4.69) is 61.5 Å². The van der Waals surface area contributed by atoms with E-state index in [-0.39, 0.29) is 24.8 Å². The number of methoxy groups -OCH3 is 1. The largest absolute Gasteiger partial charge is 0.496 e. The lowest BCUT2D eigenvalue weighted by Gasteiger charge is -2.36. The average molecular weight is 619 g/mol. The Balaban J connectivity index is 1.48.